The molecule has 0 radical (unpaired) electrons. The Kier molecular flexibility index (Phi) is 11.3. The quantitative estimate of drug-likeness (QED) is 0.263. The highest BCUT2D eigenvalue weighted by molar-refractivity contribution is 7.92. The van der Waals surface area contributed by atoms with Crippen molar-refractivity contribution in [3.63, 3.8) is 0 Å². The number of carbonyl (C=O) groups excluding carboxylic acids is 2. The third-order valence-electron chi connectivity index (χ3n) is 7.06. The molecule has 214 valence electrons. The van der Waals surface area contributed by atoms with E-state index < -0.39 is 28.5 Å². The molecule has 0 spiro atoms. The van der Waals surface area contributed by atoms with Gasteiger partial charge in [0.05, 0.1) is 10.6 Å². The van der Waals surface area contributed by atoms with Gasteiger partial charge in [-0.1, -0.05) is 81.8 Å². The van der Waals surface area contributed by atoms with Crippen molar-refractivity contribution in [1.29, 1.82) is 0 Å². The van der Waals surface area contributed by atoms with E-state index >= 15 is 0 Å². The second-order valence-electron chi connectivity index (χ2n) is 9.86. The molecule has 1 atom stereocenters. The molecule has 8 heteroatoms. The average Bonchev–Trinajstić information content (AvgIpc) is 2.97. The Hall–Kier alpha value is -3.65. The number of carbonyl (C=O) groups is 2. The lowest BCUT2D eigenvalue weighted by atomic mass is 10.1. The highest BCUT2D eigenvalue weighted by Gasteiger charge is 2.33. The van der Waals surface area contributed by atoms with Crippen LogP contribution in [0.4, 0.5) is 5.69 Å². The van der Waals surface area contributed by atoms with Crippen LogP contribution in [0, 0.1) is 6.92 Å². The van der Waals surface area contributed by atoms with E-state index in [-0.39, 0.29) is 17.3 Å². The highest BCUT2D eigenvalue weighted by atomic mass is 32.2. The molecule has 3 rings (SSSR count). The van der Waals surface area contributed by atoms with Gasteiger partial charge in [0.25, 0.3) is 10.0 Å². The number of unbranched alkanes of at least 4 members (excludes halogenated alkanes) is 1. The van der Waals surface area contributed by atoms with E-state index in [9.17, 15) is 18.0 Å². The number of hydrogen-bond acceptors (Lipinski definition) is 4. The molecule has 3 aromatic rings. The van der Waals surface area contributed by atoms with Gasteiger partial charge in [-0.25, -0.2) is 8.42 Å². The Labute approximate surface area is 239 Å². The lowest BCUT2D eigenvalue weighted by Gasteiger charge is -2.33. The maximum absolute atomic E-state index is 14.1. The van der Waals surface area contributed by atoms with Crippen molar-refractivity contribution in [2.45, 2.75) is 70.9 Å². The van der Waals surface area contributed by atoms with Crippen molar-refractivity contribution < 1.29 is 18.0 Å². The molecule has 0 saturated carbocycles. The summed E-state index contributed by atoms with van der Waals surface area (Å²) in [5, 5.41) is 2.96. The number of aryl methyl sites for hydroxylation is 2. The second kappa shape index (κ2) is 14.7. The van der Waals surface area contributed by atoms with Gasteiger partial charge in [-0.05, 0) is 67.1 Å². The largest absolute Gasteiger partial charge is 0.354 e. The van der Waals surface area contributed by atoms with Gasteiger partial charge in [0.1, 0.15) is 12.6 Å². The minimum absolute atomic E-state index is 0.0946. The van der Waals surface area contributed by atoms with E-state index in [1.54, 1.807) is 30.3 Å². The molecule has 0 bridgehead atoms. The number of hydrogen-bond donors (Lipinski definition) is 1. The first kappa shape index (κ1) is 30.9. The number of anilines is 1. The van der Waals surface area contributed by atoms with E-state index in [4.69, 9.17) is 0 Å². The molecule has 1 N–H and O–H groups in total. The Balaban J connectivity index is 2.03. The molecule has 0 fully saturated rings. The average molecular weight is 564 g/mol. The molecule has 0 aliphatic heterocycles. The highest BCUT2D eigenvalue weighted by Crippen LogP contribution is 2.25. The fourth-order valence-electron chi connectivity index (χ4n) is 4.54. The number of rotatable bonds is 14. The zero-order valence-corrected chi connectivity index (χ0v) is 24.8. The van der Waals surface area contributed by atoms with Gasteiger partial charge in [-0.2, -0.15) is 0 Å². The Morgan fingerprint density at radius 3 is 2.12 bits per heavy atom. The van der Waals surface area contributed by atoms with Crippen molar-refractivity contribution in [1.82, 2.24) is 10.2 Å². The fraction of sp³-hybridized carbons (Fsp3) is 0.375. The van der Waals surface area contributed by atoms with Crippen LogP contribution in [0.3, 0.4) is 0 Å². The summed E-state index contributed by atoms with van der Waals surface area (Å²) in [5.41, 5.74) is 3.35. The molecule has 0 unspecified atom stereocenters. The number of amides is 2. The van der Waals surface area contributed by atoms with E-state index in [2.05, 4.69) is 5.32 Å². The predicted octanol–water partition coefficient (Wildman–Crippen LogP) is 5.48. The second-order valence-corrected chi connectivity index (χ2v) is 11.7. The van der Waals surface area contributed by atoms with Gasteiger partial charge >= 0.3 is 0 Å². The molecule has 0 heterocycles. The normalized spacial score (nSPS) is 12.0. The molecule has 40 heavy (non-hydrogen) atoms. The van der Waals surface area contributed by atoms with E-state index in [0.717, 1.165) is 40.3 Å². The van der Waals surface area contributed by atoms with E-state index in [1.165, 1.54) is 17.0 Å². The smallest absolute Gasteiger partial charge is 0.264 e. The number of sulfonamides is 1. The molecule has 0 aliphatic carbocycles. The lowest BCUT2D eigenvalue weighted by Crippen LogP contribution is -2.52. The van der Waals surface area contributed by atoms with Crippen LogP contribution in [0.15, 0.2) is 83.8 Å². The summed E-state index contributed by atoms with van der Waals surface area (Å²) in [5.74, 6) is -0.678. The molecule has 0 aromatic heterocycles. The number of nitrogens with one attached hydrogen (secondary N) is 1. The SMILES string of the molecule is CCCCNC(=O)[C@@H](CC)N(Cc1ccccc1C)C(=O)CN(c1ccc(CC)cc1)S(=O)(=O)c1ccccc1. The topological polar surface area (TPSA) is 86.8 Å². The molecule has 2 amide bonds. The summed E-state index contributed by atoms with van der Waals surface area (Å²) in [4.78, 5) is 29.0. The zero-order chi connectivity index (χ0) is 29.1. The first-order valence-corrected chi connectivity index (χ1v) is 15.4. The minimum Gasteiger partial charge on any atom is -0.354 e. The molecule has 7 nitrogen and oxygen atoms in total. The monoisotopic (exact) mass is 563 g/mol. The van der Waals surface area contributed by atoms with Crippen LogP contribution in [0.1, 0.15) is 56.7 Å². The van der Waals surface area contributed by atoms with Gasteiger partial charge in [0.2, 0.25) is 11.8 Å². The van der Waals surface area contributed by atoms with Gasteiger partial charge in [0, 0.05) is 13.1 Å². The first-order chi connectivity index (χ1) is 19.2. The van der Waals surface area contributed by atoms with Crippen LogP contribution in [0.2, 0.25) is 0 Å². The first-order valence-electron chi connectivity index (χ1n) is 14.0. The molecule has 0 aliphatic rings. The van der Waals surface area contributed by atoms with Crippen LogP contribution in [-0.4, -0.2) is 44.3 Å². The predicted molar refractivity (Wildman–Crippen MR) is 161 cm³/mol. The van der Waals surface area contributed by atoms with Crippen LogP contribution in [-0.2, 0) is 32.6 Å². The Morgan fingerprint density at radius 1 is 0.875 bits per heavy atom. The van der Waals surface area contributed by atoms with Crippen LogP contribution < -0.4 is 9.62 Å². The van der Waals surface area contributed by atoms with Crippen molar-refractivity contribution in [3.8, 4) is 0 Å². The van der Waals surface area contributed by atoms with Crippen molar-refractivity contribution >= 4 is 27.5 Å². The molecular formula is C32H41N3O4S. The minimum atomic E-state index is -4.07. The standard InChI is InChI=1S/C32H41N3O4S/c1-5-8-22-33-32(37)30(7-3)34(23-27-15-13-12-14-25(27)4)31(36)24-35(28-20-18-26(6-2)19-21-28)40(38,39)29-16-10-9-11-17-29/h9-21,30H,5-8,22-24H2,1-4H3,(H,33,37)/t30-/m1/s1. The maximum atomic E-state index is 14.1. The molecular weight excluding hydrogens is 522 g/mol. The summed E-state index contributed by atoms with van der Waals surface area (Å²) in [6.07, 6.45) is 2.98. The zero-order valence-electron chi connectivity index (χ0n) is 24.0. The Morgan fingerprint density at radius 2 is 1.52 bits per heavy atom. The van der Waals surface area contributed by atoms with Gasteiger partial charge in [-0.15, -0.1) is 0 Å². The molecule has 3 aromatic carbocycles. The van der Waals surface area contributed by atoms with Gasteiger partial charge in [-0.3, -0.25) is 13.9 Å². The van der Waals surface area contributed by atoms with Crippen molar-refractivity contribution in [2.24, 2.45) is 0 Å². The summed E-state index contributed by atoms with van der Waals surface area (Å²) in [6, 6.07) is 22.3. The lowest BCUT2D eigenvalue weighted by molar-refractivity contribution is -0.140. The van der Waals surface area contributed by atoms with Crippen LogP contribution in [0.25, 0.3) is 0 Å². The van der Waals surface area contributed by atoms with Crippen molar-refractivity contribution in [2.75, 3.05) is 17.4 Å². The number of nitrogens with zero attached hydrogens (tertiary/aromatic N) is 2. The van der Waals surface area contributed by atoms with Crippen LogP contribution >= 0.6 is 0 Å². The molecule has 0 saturated heterocycles. The van der Waals surface area contributed by atoms with Crippen LogP contribution in [0.5, 0.6) is 0 Å². The summed E-state index contributed by atoms with van der Waals surface area (Å²) < 4.78 is 28.9. The van der Waals surface area contributed by atoms with E-state index in [1.807, 2.05) is 64.1 Å². The summed E-state index contributed by atoms with van der Waals surface area (Å²) >= 11 is 0. The third-order valence-corrected chi connectivity index (χ3v) is 8.85. The third kappa shape index (κ3) is 7.72. The van der Waals surface area contributed by atoms with E-state index in [0.29, 0.717) is 18.7 Å². The van der Waals surface area contributed by atoms with Gasteiger partial charge in [0.15, 0.2) is 0 Å². The van der Waals surface area contributed by atoms with Crippen molar-refractivity contribution in [3.05, 3.63) is 95.6 Å². The maximum Gasteiger partial charge on any atom is 0.264 e. The summed E-state index contributed by atoms with van der Waals surface area (Å²) in [6.45, 7) is 8.18. The number of benzene rings is 3. The fourth-order valence-corrected chi connectivity index (χ4v) is 5.98. The Bertz CT molecular complexity index is 1360. The van der Waals surface area contributed by atoms with Gasteiger partial charge < -0.3 is 10.2 Å². The summed E-state index contributed by atoms with van der Waals surface area (Å²) in [7, 11) is -4.07.